The number of hydrogen-bond acceptors (Lipinski definition) is 4. The smallest absolute Gasteiger partial charge is 0.276 e. The van der Waals surface area contributed by atoms with Gasteiger partial charge in [-0.05, 0) is 49.1 Å². The number of aromatic nitrogens is 2. The van der Waals surface area contributed by atoms with Crippen LogP contribution in [-0.2, 0) is 11.3 Å². The normalized spacial score (nSPS) is 13.4. The van der Waals surface area contributed by atoms with Gasteiger partial charge in [-0.25, -0.2) is 4.68 Å². The second kappa shape index (κ2) is 8.10. The summed E-state index contributed by atoms with van der Waals surface area (Å²) in [4.78, 5) is 37.6. The van der Waals surface area contributed by atoms with E-state index >= 15 is 0 Å². The van der Waals surface area contributed by atoms with E-state index in [0.29, 0.717) is 28.7 Å². The molecule has 30 heavy (non-hydrogen) atoms. The first kappa shape index (κ1) is 19.8. The molecular formula is C23H24N4O3. The highest BCUT2D eigenvalue weighted by molar-refractivity contribution is 6.11. The molecule has 0 saturated heterocycles. The first-order valence-corrected chi connectivity index (χ1v) is 10.1. The lowest BCUT2D eigenvalue weighted by Gasteiger charge is -2.13. The summed E-state index contributed by atoms with van der Waals surface area (Å²) in [5.74, 6) is -0.00994. The third-order valence-electron chi connectivity index (χ3n) is 4.98. The standard InChI is InChI=1S/C23H24N4O3/c1-14(2)13-27-23(30)19-6-4-3-5-18(19)20(26-27)22(29)25-17-11-9-16(10-12-17)24-21(28)15-7-8-15/h3-6,9-12,14-15H,7-8,13H2,1-2H3,(H,24,28)(H,25,29). The molecule has 7 heteroatoms. The third-order valence-corrected chi connectivity index (χ3v) is 4.98. The molecule has 1 aromatic heterocycles. The van der Waals surface area contributed by atoms with Crippen LogP contribution in [-0.4, -0.2) is 21.6 Å². The predicted molar refractivity (Wildman–Crippen MR) is 117 cm³/mol. The van der Waals surface area contributed by atoms with Crippen LogP contribution in [0.25, 0.3) is 10.8 Å². The SMILES string of the molecule is CC(C)Cn1nc(C(=O)Nc2ccc(NC(=O)C3CC3)cc2)c2ccccc2c1=O. The van der Waals surface area contributed by atoms with E-state index in [4.69, 9.17) is 0 Å². The number of benzene rings is 2. The Balaban J connectivity index is 1.59. The number of nitrogens with one attached hydrogen (secondary N) is 2. The van der Waals surface area contributed by atoms with Gasteiger partial charge < -0.3 is 10.6 Å². The Bertz CT molecular complexity index is 1160. The van der Waals surface area contributed by atoms with Gasteiger partial charge in [-0.2, -0.15) is 5.10 Å². The van der Waals surface area contributed by atoms with Crippen molar-refractivity contribution >= 4 is 34.0 Å². The first-order chi connectivity index (χ1) is 14.4. The molecule has 0 unspecified atom stereocenters. The van der Waals surface area contributed by atoms with E-state index in [-0.39, 0.29) is 29.0 Å². The number of carbonyl (C=O) groups excluding carboxylic acids is 2. The Morgan fingerprint density at radius 2 is 1.60 bits per heavy atom. The highest BCUT2D eigenvalue weighted by Crippen LogP contribution is 2.30. The zero-order chi connectivity index (χ0) is 21.3. The zero-order valence-corrected chi connectivity index (χ0v) is 17.0. The fourth-order valence-corrected chi connectivity index (χ4v) is 3.29. The molecule has 0 spiro atoms. The van der Waals surface area contributed by atoms with Crippen LogP contribution in [0.4, 0.5) is 11.4 Å². The Morgan fingerprint density at radius 1 is 1.00 bits per heavy atom. The van der Waals surface area contributed by atoms with Gasteiger partial charge >= 0.3 is 0 Å². The molecule has 1 aliphatic rings. The maximum atomic E-state index is 13.0. The lowest BCUT2D eigenvalue weighted by molar-refractivity contribution is -0.117. The number of rotatable bonds is 6. The minimum absolute atomic E-state index is 0.0369. The van der Waals surface area contributed by atoms with Crippen molar-refractivity contribution in [1.82, 2.24) is 9.78 Å². The monoisotopic (exact) mass is 404 g/mol. The average molecular weight is 404 g/mol. The summed E-state index contributed by atoms with van der Waals surface area (Å²) in [6.45, 7) is 4.42. The molecule has 4 rings (SSSR count). The Morgan fingerprint density at radius 3 is 2.20 bits per heavy atom. The van der Waals surface area contributed by atoms with Gasteiger partial charge in [-0.3, -0.25) is 14.4 Å². The number of carbonyl (C=O) groups is 2. The Hall–Kier alpha value is -3.48. The van der Waals surface area contributed by atoms with Crippen molar-refractivity contribution < 1.29 is 9.59 Å². The fourth-order valence-electron chi connectivity index (χ4n) is 3.29. The molecule has 7 nitrogen and oxygen atoms in total. The van der Waals surface area contributed by atoms with Gasteiger partial charge in [0.2, 0.25) is 5.91 Å². The van der Waals surface area contributed by atoms with E-state index in [1.807, 2.05) is 13.8 Å². The molecule has 1 fully saturated rings. The topological polar surface area (TPSA) is 93.1 Å². The van der Waals surface area contributed by atoms with Crippen molar-refractivity contribution in [3.8, 4) is 0 Å². The van der Waals surface area contributed by atoms with Crippen LogP contribution in [0.5, 0.6) is 0 Å². The molecule has 2 N–H and O–H groups in total. The van der Waals surface area contributed by atoms with Crippen molar-refractivity contribution in [2.24, 2.45) is 11.8 Å². The van der Waals surface area contributed by atoms with Crippen molar-refractivity contribution in [2.75, 3.05) is 10.6 Å². The second-order valence-corrected chi connectivity index (χ2v) is 8.07. The lowest BCUT2D eigenvalue weighted by Crippen LogP contribution is -2.29. The molecule has 0 atom stereocenters. The maximum Gasteiger partial charge on any atom is 0.276 e. The molecular weight excluding hydrogens is 380 g/mol. The van der Waals surface area contributed by atoms with Gasteiger partial charge in [0.25, 0.3) is 11.5 Å². The van der Waals surface area contributed by atoms with Gasteiger partial charge in [0.15, 0.2) is 5.69 Å². The van der Waals surface area contributed by atoms with Gasteiger partial charge in [-0.15, -0.1) is 0 Å². The average Bonchev–Trinajstić information content (AvgIpc) is 3.57. The van der Waals surface area contributed by atoms with Crippen molar-refractivity contribution in [3.63, 3.8) is 0 Å². The van der Waals surface area contributed by atoms with Crippen LogP contribution in [0.15, 0.2) is 53.3 Å². The summed E-state index contributed by atoms with van der Waals surface area (Å²) in [5, 5.41) is 11.1. The van der Waals surface area contributed by atoms with E-state index in [0.717, 1.165) is 12.8 Å². The van der Waals surface area contributed by atoms with Crippen molar-refractivity contribution in [3.05, 3.63) is 64.6 Å². The minimum atomic E-state index is -0.390. The van der Waals surface area contributed by atoms with Gasteiger partial charge in [0, 0.05) is 29.2 Å². The summed E-state index contributed by atoms with van der Waals surface area (Å²) >= 11 is 0. The number of fused-ring (bicyclic) bond motifs is 1. The highest BCUT2D eigenvalue weighted by atomic mass is 16.2. The van der Waals surface area contributed by atoms with Gasteiger partial charge in [-0.1, -0.05) is 32.0 Å². The molecule has 2 amide bonds. The van der Waals surface area contributed by atoms with Crippen molar-refractivity contribution in [1.29, 1.82) is 0 Å². The summed E-state index contributed by atoms with van der Waals surface area (Å²) in [5.41, 5.74) is 1.28. The fraction of sp³-hybridized carbons (Fsp3) is 0.304. The molecule has 154 valence electrons. The quantitative estimate of drug-likeness (QED) is 0.656. The van der Waals surface area contributed by atoms with Crippen molar-refractivity contribution in [2.45, 2.75) is 33.2 Å². The molecule has 0 radical (unpaired) electrons. The Kier molecular flexibility index (Phi) is 5.35. The maximum absolute atomic E-state index is 13.0. The third kappa shape index (κ3) is 4.25. The van der Waals surface area contributed by atoms with Crippen LogP contribution >= 0.6 is 0 Å². The molecule has 3 aromatic rings. The summed E-state index contributed by atoms with van der Waals surface area (Å²) < 4.78 is 1.36. The van der Waals surface area contributed by atoms with Crippen LogP contribution in [0.3, 0.4) is 0 Å². The van der Waals surface area contributed by atoms with E-state index in [9.17, 15) is 14.4 Å². The molecule has 2 aromatic carbocycles. The number of anilines is 2. The lowest BCUT2D eigenvalue weighted by atomic mass is 10.1. The van der Waals surface area contributed by atoms with Crippen LogP contribution < -0.4 is 16.2 Å². The van der Waals surface area contributed by atoms with Gasteiger partial charge in [0.1, 0.15) is 0 Å². The minimum Gasteiger partial charge on any atom is -0.326 e. The molecule has 1 saturated carbocycles. The first-order valence-electron chi connectivity index (χ1n) is 10.1. The zero-order valence-electron chi connectivity index (χ0n) is 17.0. The summed E-state index contributed by atoms with van der Waals surface area (Å²) in [6.07, 6.45) is 1.89. The predicted octanol–water partition coefficient (Wildman–Crippen LogP) is 3.65. The van der Waals surface area contributed by atoms with Crippen LogP contribution in [0.2, 0.25) is 0 Å². The largest absolute Gasteiger partial charge is 0.326 e. The molecule has 1 aliphatic carbocycles. The Labute approximate surface area is 174 Å². The van der Waals surface area contributed by atoms with E-state index in [1.165, 1.54) is 4.68 Å². The highest BCUT2D eigenvalue weighted by Gasteiger charge is 2.29. The number of hydrogen-bond donors (Lipinski definition) is 2. The van der Waals surface area contributed by atoms with E-state index < -0.39 is 5.91 Å². The molecule has 0 bridgehead atoms. The van der Waals surface area contributed by atoms with E-state index in [1.54, 1.807) is 48.5 Å². The van der Waals surface area contributed by atoms with E-state index in [2.05, 4.69) is 15.7 Å². The number of nitrogens with zero attached hydrogens (tertiary/aromatic N) is 2. The van der Waals surface area contributed by atoms with Gasteiger partial charge in [0.05, 0.1) is 5.39 Å². The summed E-state index contributed by atoms with van der Waals surface area (Å²) in [7, 11) is 0. The van der Waals surface area contributed by atoms with Crippen LogP contribution in [0.1, 0.15) is 37.2 Å². The summed E-state index contributed by atoms with van der Waals surface area (Å²) in [6, 6.07) is 14.0. The molecule has 1 heterocycles. The number of amides is 2. The second-order valence-electron chi connectivity index (χ2n) is 8.07. The molecule has 0 aliphatic heterocycles. The van der Waals surface area contributed by atoms with Crippen LogP contribution in [0, 0.1) is 11.8 Å².